The van der Waals surface area contributed by atoms with Crippen LogP contribution in [0.25, 0.3) is 0 Å². The number of amides is 3. The molecule has 1 N–H and O–H groups in total. The Morgan fingerprint density at radius 2 is 1.70 bits per heavy atom. The topological polar surface area (TPSA) is 84.9 Å². The summed E-state index contributed by atoms with van der Waals surface area (Å²) in [6.45, 7) is 1.30. The third-order valence-electron chi connectivity index (χ3n) is 5.21. The normalized spacial score (nSPS) is 23.3. The standard InChI is InChI=1S/C20H22N2O5/c23-18(21-13-7-8-16-17(12-13)27-11-10-26-16)6-3-9-22-19(24)14-4-1-2-5-15(14)20(22)25/h1-2,7-8,12,14-15H,3-6,9-11H2,(H,21,23). The fraction of sp³-hybridized carbons (Fsp3) is 0.450. The first-order chi connectivity index (χ1) is 13.1. The summed E-state index contributed by atoms with van der Waals surface area (Å²) >= 11 is 0. The molecule has 0 bridgehead atoms. The van der Waals surface area contributed by atoms with Crippen LogP contribution in [-0.2, 0) is 14.4 Å². The van der Waals surface area contributed by atoms with Gasteiger partial charge in [-0.3, -0.25) is 19.3 Å². The van der Waals surface area contributed by atoms with Crippen LogP contribution < -0.4 is 14.8 Å². The lowest BCUT2D eigenvalue weighted by Crippen LogP contribution is -2.32. The fourth-order valence-corrected chi connectivity index (χ4v) is 3.83. The number of fused-ring (bicyclic) bond motifs is 2. The molecule has 1 fully saturated rings. The van der Waals surface area contributed by atoms with E-state index < -0.39 is 0 Å². The van der Waals surface area contributed by atoms with Gasteiger partial charge in [-0.2, -0.15) is 0 Å². The molecule has 0 radical (unpaired) electrons. The highest BCUT2D eigenvalue weighted by Gasteiger charge is 2.46. The van der Waals surface area contributed by atoms with Gasteiger partial charge in [-0.15, -0.1) is 0 Å². The quantitative estimate of drug-likeness (QED) is 0.634. The van der Waals surface area contributed by atoms with Crippen molar-refractivity contribution in [1.29, 1.82) is 0 Å². The van der Waals surface area contributed by atoms with Crippen LogP contribution in [0.1, 0.15) is 25.7 Å². The molecule has 2 aliphatic heterocycles. The highest BCUT2D eigenvalue weighted by Crippen LogP contribution is 2.35. The smallest absolute Gasteiger partial charge is 0.233 e. The molecule has 142 valence electrons. The van der Waals surface area contributed by atoms with E-state index in [-0.39, 0.29) is 36.0 Å². The number of hydrogen-bond acceptors (Lipinski definition) is 5. The van der Waals surface area contributed by atoms with E-state index in [4.69, 9.17) is 9.47 Å². The molecule has 4 rings (SSSR count). The van der Waals surface area contributed by atoms with Gasteiger partial charge in [-0.25, -0.2) is 0 Å². The number of rotatable bonds is 5. The molecule has 3 aliphatic rings. The minimum atomic E-state index is -0.214. The summed E-state index contributed by atoms with van der Waals surface area (Å²) in [5, 5.41) is 2.82. The predicted molar refractivity (Wildman–Crippen MR) is 97.4 cm³/mol. The molecule has 27 heavy (non-hydrogen) atoms. The molecular weight excluding hydrogens is 348 g/mol. The number of hydrogen-bond donors (Lipinski definition) is 1. The SMILES string of the molecule is O=C(CCCN1C(=O)C2CC=CCC2C1=O)Nc1ccc2c(c1)OCCO2. The summed E-state index contributed by atoms with van der Waals surface area (Å²) in [6.07, 6.45) is 5.89. The Hall–Kier alpha value is -2.83. The van der Waals surface area contributed by atoms with E-state index in [1.54, 1.807) is 18.2 Å². The number of nitrogens with zero attached hydrogens (tertiary/aromatic N) is 1. The van der Waals surface area contributed by atoms with Gasteiger partial charge in [0.2, 0.25) is 17.7 Å². The molecule has 7 nitrogen and oxygen atoms in total. The Kier molecular flexibility index (Phi) is 4.83. The second-order valence-corrected chi connectivity index (χ2v) is 6.99. The summed E-state index contributed by atoms with van der Waals surface area (Å²) in [4.78, 5) is 38.3. The summed E-state index contributed by atoms with van der Waals surface area (Å²) in [5.41, 5.74) is 0.634. The van der Waals surface area contributed by atoms with E-state index in [1.807, 2.05) is 12.2 Å². The number of ether oxygens (including phenoxy) is 2. The number of anilines is 1. The van der Waals surface area contributed by atoms with Crippen LogP contribution in [0.5, 0.6) is 11.5 Å². The molecule has 3 amide bonds. The van der Waals surface area contributed by atoms with Crippen molar-refractivity contribution in [3.05, 3.63) is 30.4 Å². The van der Waals surface area contributed by atoms with Crippen LogP contribution in [-0.4, -0.2) is 42.4 Å². The van der Waals surface area contributed by atoms with Crippen molar-refractivity contribution in [1.82, 2.24) is 4.90 Å². The number of nitrogens with one attached hydrogen (secondary N) is 1. The highest BCUT2D eigenvalue weighted by atomic mass is 16.6. The first-order valence-corrected chi connectivity index (χ1v) is 9.33. The van der Waals surface area contributed by atoms with E-state index in [9.17, 15) is 14.4 Å². The molecule has 2 heterocycles. The summed E-state index contributed by atoms with van der Waals surface area (Å²) in [5.74, 6) is 0.501. The second-order valence-electron chi connectivity index (χ2n) is 6.99. The van der Waals surface area contributed by atoms with Crippen molar-refractivity contribution in [2.24, 2.45) is 11.8 Å². The number of benzene rings is 1. The number of imide groups is 1. The van der Waals surface area contributed by atoms with E-state index in [1.165, 1.54) is 4.90 Å². The van der Waals surface area contributed by atoms with Crippen molar-refractivity contribution in [3.8, 4) is 11.5 Å². The lowest BCUT2D eigenvalue weighted by atomic mass is 9.85. The molecule has 2 unspecified atom stereocenters. The Labute approximate surface area is 157 Å². The molecule has 0 spiro atoms. The lowest BCUT2D eigenvalue weighted by Gasteiger charge is -2.19. The van der Waals surface area contributed by atoms with Gasteiger partial charge >= 0.3 is 0 Å². The fourth-order valence-electron chi connectivity index (χ4n) is 3.83. The molecule has 7 heteroatoms. The van der Waals surface area contributed by atoms with Crippen LogP contribution in [0.3, 0.4) is 0 Å². The zero-order valence-electron chi connectivity index (χ0n) is 15.0. The van der Waals surface area contributed by atoms with Gasteiger partial charge in [-0.05, 0) is 31.4 Å². The summed E-state index contributed by atoms with van der Waals surface area (Å²) in [6, 6.07) is 5.26. The molecule has 0 aromatic heterocycles. The molecule has 2 atom stereocenters. The van der Waals surface area contributed by atoms with Crippen molar-refractivity contribution in [2.45, 2.75) is 25.7 Å². The zero-order chi connectivity index (χ0) is 18.8. The monoisotopic (exact) mass is 370 g/mol. The van der Waals surface area contributed by atoms with Crippen molar-refractivity contribution >= 4 is 23.4 Å². The maximum atomic E-state index is 12.4. The van der Waals surface area contributed by atoms with Crippen LogP contribution in [0.15, 0.2) is 30.4 Å². The molecule has 0 saturated carbocycles. The van der Waals surface area contributed by atoms with E-state index in [0.717, 1.165) is 0 Å². The zero-order valence-corrected chi connectivity index (χ0v) is 15.0. The van der Waals surface area contributed by atoms with Crippen molar-refractivity contribution in [2.75, 3.05) is 25.1 Å². The van der Waals surface area contributed by atoms with Gasteiger partial charge in [0.25, 0.3) is 0 Å². The molecule has 1 aromatic carbocycles. The van der Waals surface area contributed by atoms with Gasteiger partial charge in [-0.1, -0.05) is 12.2 Å². The van der Waals surface area contributed by atoms with Crippen LogP contribution >= 0.6 is 0 Å². The minimum Gasteiger partial charge on any atom is -0.486 e. The second kappa shape index (κ2) is 7.42. The first-order valence-electron chi connectivity index (χ1n) is 9.33. The summed E-state index contributed by atoms with van der Waals surface area (Å²) < 4.78 is 11.0. The minimum absolute atomic E-state index is 0.0957. The third-order valence-corrected chi connectivity index (χ3v) is 5.21. The van der Waals surface area contributed by atoms with Crippen molar-refractivity contribution in [3.63, 3.8) is 0 Å². The highest BCUT2D eigenvalue weighted by molar-refractivity contribution is 6.05. The van der Waals surface area contributed by atoms with Crippen molar-refractivity contribution < 1.29 is 23.9 Å². The number of carbonyl (C=O) groups is 3. The maximum Gasteiger partial charge on any atom is 0.233 e. The molecule has 1 aliphatic carbocycles. The maximum absolute atomic E-state index is 12.4. The van der Waals surface area contributed by atoms with E-state index in [0.29, 0.717) is 56.2 Å². The average molecular weight is 370 g/mol. The van der Waals surface area contributed by atoms with Crippen LogP contribution in [0.2, 0.25) is 0 Å². The Balaban J connectivity index is 1.27. The van der Waals surface area contributed by atoms with Gasteiger partial charge in [0, 0.05) is 24.7 Å². The Bertz CT molecular complexity index is 778. The first kappa shape index (κ1) is 17.6. The molecule has 1 aromatic rings. The number of allylic oxidation sites excluding steroid dienone is 2. The Morgan fingerprint density at radius 3 is 2.41 bits per heavy atom. The van der Waals surface area contributed by atoms with Gasteiger partial charge < -0.3 is 14.8 Å². The van der Waals surface area contributed by atoms with Crippen LogP contribution in [0.4, 0.5) is 5.69 Å². The number of carbonyl (C=O) groups excluding carboxylic acids is 3. The average Bonchev–Trinajstić information content (AvgIpc) is 2.93. The summed E-state index contributed by atoms with van der Waals surface area (Å²) in [7, 11) is 0. The Morgan fingerprint density at radius 1 is 1.04 bits per heavy atom. The van der Waals surface area contributed by atoms with Gasteiger partial charge in [0.15, 0.2) is 11.5 Å². The molecular formula is C20H22N2O5. The lowest BCUT2D eigenvalue weighted by molar-refractivity contribution is -0.140. The third kappa shape index (κ3) is 3.54. The molecule has 1 saturated heterocycles. The number of likely N-dealkylation sites (tertiary alicyclic amines) is 1. The van der Waals surface area contributed by atoms with Crippen LogP contribution in [0, 0.1) is 11.8 Å². The van der Waals surface area contributed by atoms with E-state index in [2.05, 4.69) is 5.32 Å². The predicted octanol–water partition coefficient (Wildman–Crippen LogP) is 2.13. The van der Waals surface area contributed by atoms with E-state index >= 15 is 0 Å². The van der Waals surface area contributed by atoms with Gasteiger partial charge in [0.1, 0.15) is 13.2 Å². The van der Waals surface area contributed by atoms with Gasteiger partial charge in [0.05, 0.1) is 11.8 Å². The largest absolute Gasteiger partial charge is 0.486 e.